The molecule has 0 fully saturated rings. The Morgan fingerprint density at radius 2 is 1.66 bits per heavy atom. The number of carbonyl (C=O) groups excluding carboxylic acids is 6. The number of aromatic nitrogens is 6. The number of fused-ring (bicyclic) bond motifs is 5. The molecule has 0 bridgehead atoms. The van der Waals surface area contributed by atoms with E-state index in [1.54, 1.807) is 64.4 Å². The van der Waals surface area contributed by atoms with Gasteiger partial charge in [-0.05, 0) is 82.2 Å². The van der Waals surface area contributed by atoms with Gasteiger partial charge in [-0.2, -0.15) is 5.10 Å². The van der Waals surface area contributed by atoms with Gasteiger partial charge >= 0.3 is 12.1 Å². The van der Waals surface area contributed by atoms with E-state index in [0.29, 0.717) is 85.2 Å². The molecule has 0 radical (unpaired) electrons. The number of esters is 1. The van der Waals surface area contributed by atoms with Crippen molar-refractivity contribution in [1.29, 1.82) is 0 Å². The molecule has 0 aliphatic carbocycles. The van der Waals surface area contributed by atoms with E-state index in [1.807, 2.05) is 82.6 Å². The lowest BCUT2D eigenvalue weighted by Gasteiger charge is -2.32. The highest BCUT2D eigenvalue weighted by Crippen LogP contribution is 2.39. The van der Waals surface area contributed by atoms with Gasteiger partial charge in [0.15, 0.2) is 5.16 Å². The average molecular weight is 1240 g/mol. The Kier molecular flexibility index (Phi) is 22.4. The minimum absolute atomic E-state index is 0.0352. The molecular weight excluding hydrogens is 1170 g/mol. The second-order valence-electron chi connectivity index (χ2n) is 22.8. The van der Waals surface area contributed by atoms with Gasteiger partial charge in [0.1, 0.15) is 26.4 Å². The molecule has 4 N–H and O–H groups in total. The summed E-state index contributed by atoms with van der Waals surface area (Å²) in [5, 5.41) is 16.9. The van der Waals surface area contributed by atoms with Crippen molar-refractivity contribution in [2.24, 2.45) is 5.41 Å². The lowest BCUT2D eigenvalue weighted by atomic mass is 9.94. The maximum Gasteiger partial charge on any atom is 0.509 e. The van der Waals surface area contributed by atoms with Crippen LogP contribution in [0.1, 0.15) is 106 Å². The standard InChI is InChI=1S/C62H73N11O13S2/c1-39(2)73(88(8)81)23-22-44-45-15-12-13-16-49(45)70-55-47(44)31-72-50(55)24-46-48(57(72)78)33-83-58(79)56(46)86-60(80)84-32-40-18-20-43(21-19-40)69-52(75)29-64-53(76)34-82-35-54(77)67-36-62(5,6)85-38-61(3,4)37-71-30-42(28-68-71)27-63-51(74)17-11-9-10-14-41-25-65-59(87-7)66-26-41/h12-13,15-16,18-21,24-26,28,30,39,56H,9,11,17,22-23,27,29,31-38H2,1-8H3,(H,63,74)(H,64,76)(H,67,77)(H,69,75). The Balaban J connectivity index is 0.705. The number of benzene rings is 2. The number of hydrogen-bond donors (Lipinski definition) is 4. The fraction of sp³-hybridized carbons (Fsp3) is 0.435. The zero-order chi connectivity index (χ0) is 63.1. The van der Waals surface area contributed by atoms with Crippen molar-refractivity contribution in [2.75, 3.05) is 57.3 Å². The molecule has 8 rings (SSSR count). The number of amides is 4. The van der Waals surface area contributed by atoms with E-state index in [9.17, 15) is 37.8 Å². The first-order valence-electron chi connectivity index (χ1n) is 28.6. The van der Waals surface area contributed by atoms with E-state index in [2.05, 4.69) is 48.2 Å². The van der Waals surface area contributed by atoms with E-state index in [4.69, 9.17) is 28.7 Å². The molecule has 466 valence electrons. The molecule has 2 aliphatic rings. The van der Waals surface area contributed by atoms with Crippen molar-refractivity contribution < 1.29 is 56.7 Å². The predicted molar refractivity (Wildman–Crippen MR) is 328 cm³/mol. The average Bonchev–Trinajstić information content (AvgIpc) is 2.08. The first-order chi connectivity index (χ1) is 42.0. The van der Waals surface area contributed by atoms with Crippen LogP contribution in [-0.4, -0.2) is 137 Å². The van der Waals surface area contributed by atoms with Crippen molar-refractivity contribution in [2.45, 2.75) is 123 Å². The van der Waals surface area contributed by atoms with Crippen molar-refractivity contribution in [3.63, 3.8) is 0 Å². The lowest BCUT2D eigenvalue weighted by molar-refractivity contribution is -0.159. The van der Waals surface area contributed by atoms with Gasteiger partial charge in [-0.15, -0.1) is 0 Å². The lowest BCUT2D eigenvalue weighted by Crippen LogP contribution is -2.44. The number of thioether (sulfide) groups is 1. The van der Waals surface area contributed by atoms with Crippen LogP contribution in [0.3, 0.4) is 0 Å². The number of ether oxygens (including phenoxy) is 5. The molecule has 4 aromatic heterocycles. The van der Waals surface area contributed by atoms with Crippen LogP contribution in [0.25, 0.3) is 22.3 Å². The number of pyridine rings is 2. The number of hydrogen-bond acceptors (Lipinski definition) is 18. The van der Waals surface area contributed by atoms with Gasteiger partial charge in [0.2, 0.25) is 29.7 Å². The van der Waals surface area contributed by atoms with Gasteiger partial charge in [0, 0.05) is 103 Å². The zero-order valence-electron chi connectivity index (χ0n) is 50.5. The van der Waals surface area contributed by atoms with Crippen molar-refractivity contribution in [1.82, 2.24) is 49.6 Å². The van der Waals surface area contributed by atoms with Crippen LogP contribution in [0.5, 0.6) is 0 Å². The molecular formula is C62H73N11O13S2. The molecule has 0 spiro atoms. The number of rotatable bonds is 28. The van der Waals surface area contributed by atoms with Crippen LogP contribution in [0.15, 0.2) is 89.3 Å². The van der Waals surface area contributed by atoms with Crippen LogP contribution in [0.4, 0.5) is 10.5 Å². The number of para-hydroxylation sites is 1. The van der Waals surface area contributed by atoms with E-state index < -0.39 is 71.3 Å². The normalized spacial score (nSPS) is 13.8. The maximum atomic E-state index is 14.1. The summed E-state index contributed by atoms with van der Waals surface area (Å²) in [6, 6.07) is 15.6. The van der Waals surface area contributed by atoms with E-state index >= 15 is 0 Å². The monoisotopic (exact) mass is 1240 g/mol. The summed E-state index contributed by atoms with van der Waals surface area (Å²) in [5.74, 6) is 3.51. The number of anilines is 1. The Bertz CT molecular complexity index is 3690. The van der Waals surface area contributed by atoms with Gasteiger partial charge in [-0.25, -0.2) is 33.1 Å². The molecule has 4 amide bonds. The highest BCUT2D eigenvalue weighted by atomic mass is 32.2. The summed E-state index contributed by atoms with van der Waals surface area (Å²) in [6.45, 7) is 12.0. The van der Waals surface area contributed by atoms with Gasteiger partial charge in [0.25, 0.3) is 5.56 Å². The van der Waals surface area contributed by atoms with Crippen LogP contribution in [0, 0.1) is 17.3 Å². The van der Waals surface area contributed by atoms with Gasteiger partial charge in [-0.1, -0.05) is 67.8 Å². The van der Waals surface area contributed by atoms with E-state index in [-0.39, 0.29) is 61.3 Å². The molecule has 88 heavy (non-hydrogen) atoms. The number of unbranched alkanes of at least 4 members (excludes halogenated alkanes) is 1. The summed E-state index contributed by atoms with van der Waals surface area (Å²) >= 11 is 1.46. The summed E-state index contributed by atoms with van der Waals surface area (Å²) in [7, 11) is -1.20. The minimum atomic E-state index is -1.59. The summed E-state index contributed by atoms with van der Waals surface area (Å²) in [4.78, 5) is 104. The quantitative estimate of drug-likeness (QED) is 0.0151. The highest BCUT2D eigenvalue weighted by Gasteiger charge is 2.39. The summed E-state index contributed by atoms with van der Waals surface area (Å²) in [6.07, 6.45) is 9.85. The van der Waals surface area contributed by atoms with Crippen molar-refractivity contribution >= 4 is 75.1 Å². The third kappa shape index (κ3) is 18.1. The minimum Gasteiger partial charge on any atom is -0.458 e. The van der Waals surface area contributed by atoms with Gasteiger partial charge in [0.05, 0.1) is 70.5 Å². The summed E-state index contributed by atoms with van der Waals surface area (Å²) in [5.41, 5.74) is 4.85. The molecule has 2 unspecified atom stereocenters. The third-order valence-electron chi connectivity index (χ3n) is 14.3. The summed E-state index contributed by atoms with van der Waals surface area (Å²) < 4.78 is 45.6. The predicted octanol–water partition coefficient (Wildman–Crippen LogP) is 5.68. The van der Waals surface area contributed by atoms with E-state index in [1.165, 1.54) is 11.8 Å². The van der Waals surface area contributed by atoms with Gasteiger partial charge in [-0.3, -0.25) is 28.7 Å². The molecule has 6 aromatic rings. The molecule has 0 saturated carbocycles. The second kappa shape index (κ2) is 30.0. The fourth-order valence-corrected chi connectivity index (χ4v) is 11.0. The van der Waals surface area contributed by atoms with Crippen molar-refractivity contribution in [3.05, 3.63) is 129 Å². The smallest absolute Gasteiger partial charge is 0.458 e. The number of carbonyl (C=O) groups is 6. The maximum absolute atomic E-state index is 14.1. The Hall–Kier alpha value is -8.35. The first-order valence-corrected chi connectivity index (χ1v) is 31.3. The molecule has 0 saturated heterocycles. The third-order valence-corrected chi connectivity index (χ3v) is 16.1. The van der Waals surface area contributed by atoms with Gasteiger partial charge < -0.3 is 49.5 Å². The van der Waals surface area contributed by atoms with Crippen molar-refractivity contribution in [3.8, 4) is 23.2 Å². The SMILES string of the molecule is CSc1ncc(C#CCCCC(=O)NCc2cnn(CC(C)(C)COC(C)(C)CNC(=O)COCC(=O)NCC(=O)Nc3ccc(COC(=O)OC4C(=O)OCc5c4cc4n(c5=O)Cc5c-4nc4ccccc4c5CCN(C(C)C)S(C)=O)cc3)c2)cn1. The number of nitrogens with one attached hydrogen (secondary N) is 4. The highest BCUT2D eigenvalue weighted by molar-refractivity contribution is 7.98. The second-order valence-corrected chi connectivity index (χ2v) is 24.9. The molecule has 2 aromatic carbocycles. The number of cyclic esters (lactones) is 1. The zero-order valence-corrected chi connectivity index (χ0v) is 52.2. The largest absolute Gasteiger partial charge is 0.509 e. The Labute approximate surface area is 516 Å². The first kappa shape index (κ1) is 65.6. The Morgan fingerprint density at radius 1 is 0.920 bits per heavy atom. The Morgan fingerprint density at radius 3 is 2.39 bits per heavy atom. The van der Waals surface area contributed by atoms with Crippen LogP contribution in [-0.2, 0) is 97.9 Å². The molecule has 2 atom stereocenters. The molecule has 24 nitrogen and oxygen atoms in total. The van der Waals surface area contributed by atoms with Crippen LogP contribution < -0.4 is 26.8 Å². The molecule has 2 aliphatic heterocycles. The van der Waals surface area contributed by atoms with Crippen LogP contribution in [0.2, 0.25) is 0 Å². The topological polar surface area (TPSA) is 295 Å². The number of nitrogens with zero attached hydrogens (tertiary/aromatic N) is 7. The molecule has 26 heteroatoms. The van der Waals surface area contributed by atoms with E-state index in [0.717, 1.165) is 27.6 Å². The van der Waals surface area contributed by atoms with Crippen LogP contribution >= 0.6 is 11.8 Å². The molecule has 6 heterocycles. The fourth-order valence-electron chi connectivity index (χ4n) is 9.73.